The molecule has 0 fully saturated rings. The van der Waals surface area contributed by atoms with Crippen LogP contribution in [0.15, 0.2) is 29.2 Å². The van der Waals surface area contributed by atoms with Crippen molar-refractivity contribution in [3.8, 4) is 6.07 Å². The summed E-state index contributed by atoms with van der Waals surface area (Å²) in [6.07, 6.45) is 0. The van der Waals surface area contributed by atoms with Gasteiger partial charge in [-0.3, -0.25) is 5.14 Å². The average molecular weight is 150 g/mol. The Morgan fingerprint density at radius 2 is 2.10 bits per heavy atom. The third kappa shape index (κ3) is 1.29. The summed E-state index contributed by atoms with van der Waals surface area (Å²) >= 11 is 1.10. The van der Waals surface area contributed by atoms with E-state index in [4.69, 9.17) is 10.4 Å². The standard InChI is InChI=1S/C7H6N2S/c8-5-6-3-1-2-4-7(6)10-9/h1-4H,9H2. The maximum absolute atomic E-state index is 8.53. The van der Waals surface area contributed by atoms with Gasteiger partial charge in [0, 0.05) is 4.90 Å². The monoisotopic (exact) mass is 150 g/mol. The van der Waals surface area contributed by atoms with E-state index in [0.29, 0.717) is 5.56 Å². The molecule has 50 valence electrons. The van der Waals surface area contributed by atoms with Gasteiger partial charge < -0.3 is 0 Å². The first-order valence-corrected chi connectivity index (χ1v) is 3.62. The minimum atomic E-state index is 0.634. The molecule has 0 bridgehead atoms. The molecule has 0 spiro atoms. The Labute approximate surface area is 63.8 Å². The molecule has 1 aromatic rings. The normalized spacial score (nSPS) is 8.80. The lowest BCUT2D eigenvalue weighted by atomic mass is 10.2. The smallest absolute Gasteiger partial charge is 0.100 e. The Balaban J connectivity index is 3.12. The molecule has 0 aliphatic rings. The molecule has 0 saturated heterocycles. The molecule has 2 nitrogen and oxygen atoms in total. The van der Waals surface area contributed by atoms with E-state index in [2.05, 4.69) is 0 Å². The lowest BCUT2D eigenvalue weighted by molar-refractivity contribution is 1.37. The minimum Gasteiger partial charge on any atom is -0.274 e. The van der Waals surface area contributed by atoms with Crippen LogP contribution in [0, 0.1) is 11.3 Å². The van der Waals surface area contributed by atoms with E-state index >= 15 is 0 Å². The highest BCUT2D eigenvalue weighted by molar-refractivity contribution is 7.97. The van der Waals surface area contributed by atoms with Gasteiger partial charge in [0.25, 0.3) is 0 Å². The van der Waals surface area contributed by atoms with Gasteiger partial charge in [0.15, 0.2) is 0 Å². The van der Waals surface area contributed by atoms with Crippen LogP contribution in [-0.2, 0) is 0 Å². The van der Waals surface area contributed by atoms with Crippen molar-refractivity contribution in [1.82, 2.24) is 0 Å². The van der Waals surface area contributed by atoms with Crippen LogP contribution in [0.4, 0.5) is 0 Å². The van der Waals surface area contributed by atoms with Crippen molar-refractivity contribution in [2.24, 2.45) is 5.14 Å². The number of nitrogens with two attached hydrogens (primary N) is 1. The number of nitrogens with zero attached hydrogens (tertiary/aromatic N) is 1. The fourth-order valence-electron chi connectivity index (χ4n) is 0.662. The first kappa shape index (κ1) is 7.13. The van der Waals surface area contributed by atoms with Crippen LogP contribution in [0.1, 0.15) is 5.56 Å². The second-order valence-corrected chi connectivity index (χ2v) is 2.40. The molecule has 1 rings (SSSR count). The minimum absolute atomic E-state index is 0.634. The van der Waals surface area contributed by atoms with E-state index in [1.54, 1.807) is 6.07 Å². The Hall–Kier alpha value is -0.980. The second-order valence-electron chi connectivity index (χ2n) is 1.73. The molecule has 0 amide bonds. The summed E-state index contributed by atoms with van der Waals surface area (Å²) in [5.41, 5.74) is 0.634. The molecular weight excluding hydrogens is 144 g/mol. The highest BCUT2D eigenvalue weighted by atomic mass is 32.2. The van der Waals surface area contributed by atoms with Crippen LogP contribution in [0.3, 0.4) is 0 Å². The summed E-state index contributed by atoms with van der Waals surface area (Å²) in [7, 11) is 0. The van der Waals surface area contributed by atoms with Gasteiger partial charge in [-0.25, -0.2) is 0 Å². The fourth-order valence-corrected chi connectivity index (χ4v) is 1.06. The Bertz CT molecular complexity index is 265. The van der Waals surface area contributed by atoms with Gasteiger partial charge >= 0.3 is 0 Å². The lowest BCUT2D eigenvalue weighted by Gasteiger charge is -1.95. The van der Waals surface area contributed by atoms with E-state index in [0.717, 1.165) is 16.8 Å². The predicted molar refractivity (Wildman–Crippen MR) is 41.2 cm³/mol. The molecule has 3 heteroatoms. The molecular formula is C7H6N2S. The number of hydrogen-bond donors (Lipinski definition) is 1. The van der Waals surface area contributed by atoms with Crippen LogP contribution in [0.2, 0.25) is 0 Å². The van der Waals surface area contributed by atoms with E-state index in [9.17, 15) is 0 Å². The maximum Gasteiger partial charge on any atom is 0.100 e. The van der Waals surface area contributed by atoms with Crippen LogP contribution >= 0.6 is 11.9 Å². The van der Waals surface area contributed by atoms with Crippen molar-refractivity contribution in [2.75, 3.05) is 0 Å². The van der Waals surface area contributed by atoms with E-state index in [1.165, 1.54) is 0 Å². The first-order valence-electron chi connectivity index (χ1n) is 2.74. The summed E-state index contributed by atoms with van der Waals surface area (Å²) in [5, 5.41) is 13.8. The molecule has 0 atom stereocenters. The molecule has 0 heterocycles. The van der Waals surface area contributed by atoms with Gasteiger partial charge in [-0.1, -0.05) is 12.1 Å². The Morgan fingerprint density at radius 3 is 2.60 bits per heavy atom. The van der Waals surface area contributed by atoms with Gasteiger partial charge in [-0.05, 0) is 24.1 Å². The summed E-state index contributed by atoms with van der Waals surface area (Å²) in [6.45, 7) is 0. The zero-order valence-electron chi connectivity index (χ0n) is 5.24. The van der Waals surface area contributed by atoms with Crippen LogP contribution in [-0.4, -0.2) is 0 Å². The predicted octanol–water partition coefficient (Wildman–Crippen LogP) is 1.52. The van der Waals surface area contributed by atoms with Crippen molar-refractivity contribution < 1.29 is 0 Å². The highest BCUT2D eigenvalue weighted by Crippen LogP contribution is 2.15. The van der Waals surface area contributed by atoms with Crippen molar-refractivity contribution >= 4 is 11.9 Å². The van der Waals surface area contributed by atoms with E-state index < -0.39 is 0 Å². The fraction of sp³-hybridized carbons (Fsp3) is 0. The topological polar surface area (TPSA) is 49.8 Å². The van der Waals surface area contributed by atoms with Crippen LogP contribution in [0.25, 0.3) is 0 Å². The molecule has 0 unspecified atom stereocenters. The largest absolute Gasteiger partial charge is 0.274 e. The number of hydrogen-bond acceptors (Lipinski definition) is 3. The van der Waals surface area contributed by atoms with Crippen molar-refractivity contribution in [3.05, 3.63) is 29.8 Å². The van der Waals surface area contributed by atoms with Gasteiger partial charge in [-0.15, -0.1) is 0 Å². The van der Waals surface area contributed by atoms with Crippen molar-refractivity contribution in [2.45, 2.75) is 4.90 Å². The molecule has 10 heavy (non-hydrogen) atoms. The molecule has 1 aromatic carbocycles. The summed E-state index contributed by atoms with van der Waals surface area (Å²) < 4.78 is 0. The molecule has 0 aliphatic carbocycles. The zero-order valence-corrected chi connectivity index (χ0v) is 6.06. The van der Waals surface area contributed by atoms with Crippen molar-refractivity contribution in [1.29, 1.82) is 5.26 Å². The quantitative estimate of drug-likeness (QED) is 0.617. The third-order valence-corrected chi connectivity index (χ3v) is 1.74. The summed E-state index contributed by atoms with van der Waals surface area (Å²) in [6, 6.07) is 9.29. The molecule has 0 aromatic heterocycles. The van der Waals surface area contributed by atoms with Gasteiger partial charge in [0.1, 0.15) is 6.07 Å². The molecule has 0 saturated carbocycles. The molecule has 2 N–H and O–H groups in total. The maximum atomic E-state index is 8.53. The van der Waals surface area contributed by atoms with E-state index in [-0.39, 0.29) is 0 Å². The zero-order chi connectivity index (χ0) is 7.40. The molecule has 0 radical (unpaired) electrons. The third-order valence-electron chi connectivity index (χ3n) is 1.13. The lowest BCUT2D eigenvalue weighted by Crippen LogP contribution is -1.83. The Kier molecular flexibility index (Phi) is 2.32. The van der Waals surface area contributed by atoms with Crippen molar-refractivity contribution in [3.63, 3.8) is 0 Å². The number of nitriles is 1. The first-order chi connectivity index (χ1) is 4.88. The number of rotatable bonds is 1. The van der Waals surface area contributed by atoms with Gasteiger partial charge in [0.05, 0.1) is 5.56 Å². The SMILES string of the molecule is N#Cc1ccccc1SN. The summed E-state index contributed by atoms with van der Waals surface area (Å²) in [5.74, 6) is 0. The molecule has 0 aliphatic heterocycles. The second kappa shape index (κ2) is 3.25. The van der Waals surface area contributed by atoms with Crippen LogP contribution in [0.5, 0.6) is 0 Å². The van der Waals surface area contributed by atoms with Gasteiger partial charge in [-0.2, -0.15) is 5.26 Å². The van der Waals surface area contributed by atoms with E-state index in [1.807, 2.05) is 24.3 Å². The van der Waals surface area contributed by atoms with Gasteiger partial charge in [0.2, 0.25) is 0 Å². The highest BCUT2D eigenvalue weighted by Gasteiger charge is 1.96. The Morgan fingerprint density at radius 1 is 1.40 bits per heavy atom. The average Bonchev–Trinajstić information content (AvgIpc) is 2.04. The number of benzene rings is 1. The summed E-state index contributed by atoms with van der Waals surface area (Å²) in [4.78, 5) is 0.824. The van der Waals surface area contributed by atoms with Crippen LogP contribution < -0.4 is 5.14 Å².